The van der Waals surface area contributed by atoms with Crippen LogP contribution in [0.1, 0.15) is 56.1 Å². The predicted molar refractivity (Wildman–Crippen MR) is 88.9 cm³/mol. The number of nitrogens with zero attached hydrogens (tertiary/aromatic N) is 4. The Bertz CT molecular complexity index is 662. The van der Waals surface area contributed by atoms with Gasteiger partial charge in [0.05, 0.1) is 11.3 Å². The Morgan fingerprint density at radius 2 is 2.14 bits per heavy atom. The molecule has 22 heavy (non-hydrogen) atoms. The van der Waals surface area contributed by atoms with Gasteiger partial charge in [0, 0.05) is 31.2 Å². The van der Waals surface area contributed by atoms with E-state index in [0.717, 1.165) is 42.5 Å². The van der Waals surface area contributed by atoms with Gasteiger partial charge in [-0.2, -0.15) is 5.10 Å². The van der Waals surface area contributed by atoms with E-state index in [1.54, 1.807) is 10.9 Å². The van der Waals surface area contributed by atoms with Crippen molar-refractivity contribution in [2.75, 3.05) is 6.54 Å². The normalized spacial score (nSPS) is 12.6. The van der Waals surface area contributed by atoms with E-state index >= 15 is 0 Å². The number of aryl methyl sites for hydroxylation is 2. The molecule has 0 spiro atoms. The first-order valence-corrected chi connectivity index (χ1v) is 8.09. The van der Waals surface area contributed by atoms with Crippen LogP contribution in [0.2, 0.25) is 0 Å². The molecule has 0 fully saturated rings. The molecule has 0 aromatic carbocycles. The average molecular weight is 302 g/mol. The Kier molecular flexibility index (Phi) is 5.16. The molecule has 5 heteroatoms. The number of unbranched alkanes of at least 4 members (excludes halogenated alkanes) is 1. The summed E-state index contributed by atoms with van der Waals surface area (Å²) >= 11 is 0. The molecule has 0 bridgehead atoms. The Morgan fingerprint density at radius 1 is 1.41 bits per heavy atom. The Balaban J connectivity index is 2.35. The summed E-state index contributed by atoms with van der Waals surface area (Å²) in [6, 6.07) is 2.17. The quantitative estimate of drug-likeness (QED) is 0.822. The van der Waals surface area contributed by atoms with Crippen molar-refractivity contribution in [2.45, 2.75) is 53.0 Å². The molecule has 2 aromatic rings. The average Bonchev–Trinajstić information content (AvgIpc) is 2.81. The summed E-state index contributed by atoms with van der Waals surface area (Å²) in [5.41, 5.74) is 2.38. The third kappa shape index (κ3) is 3.13. The van der Waals surface area contributed by atoms with Crippen LogP contribution in [0, 0.1) is 6.92 Å². The van der Waals surface area contributed by atoms with Gasteiger partial charge in [0.15, 0.2) is 5.65 Å². The first kappa shape index (κ1) is 16.5. The van der Waals surface area contributed by atoms with Crippen molar-refractivity contribution >= 4 is 16.9 Å². The molecule has 1 unspecified atom stereocenters. The van der Waals surface area contributed by atoms with Crippen LogP contribution in [0.4, 0.5) is 0 Å². The van der Waals surface area contributed by atoms with E-state index in [1.165, 1.54) is 0 Å². The van der Waals surface area contributed by atoms with Gasteiger partial charge in [-0.15, -0.1) is 0 Å². The summed E-state index contributed by atoms with van der Waals surface area (Å²) in [6.07, 6.45) is 4.74. The minimum Gasteiger partial charge on any atom is -0.336 e. The molecule has 2 heterocycles. The number of carbonyl (C=O) groups excluding carboxylic acids is 1. The molecule has 0 aliphatic rings. The maximum absolute atomic E-state index is 12.9. The second-order valence-electron chi connectivity index (χ2n) is 5.91. The molecule has 5 nitrogen and oxygen atoms in total. The molecular formula is C17H26N4O. The number of hydrogen-bond donors (Lipinski definition) is 0. The first-order valence-electron chi connectivity index (χ1n) is 8.09. The fourth-order valence-corrected chi connectivity index (χ4v) is 2.66. The molecule has 2 aromatic heterocycles. The topological polar surface area (TPSA) is 51.0 Å². The molecule has 1 amide bonds. The van der Waals surface area contributed by atoms with Gasteiger partial charge >= 0.3 is 0 Å². The third-order valence-corrected chi connectivity index (χ3v) is 4.25. The van der Waals surface area contributed by atoms with Gasteiger partial charge in [-0.25, -0.2) is 4.98 Å². The van der Waals surface area contributed by atoms with Crippen molar-refractivity contribution in [3.05, 3.63) is 23.5 Å². The van der Waals surface area contributed by atoms with Gasteiger partial charge < -0.3 is 4.90 Å². The summed E-state index contributed by atoms with van der Waals surface area (Å²) in [5.74, 6) is 0.0699. The maximum Gasteiger partial charge on any atom is 0.255 e. The first-order chi connectivity index (χ1) is 10.5. The second kappa shape index (κ2) is 6.90. The Hall–Kier alpha value is -1.91. The van der Waals surface area contributed by atoms with Gasteiger partial charge in [-0.3, -0.25) is 9.48 Å². The summed E-state index contributed by atoms with van der Waals surface area (Å²) in [7, 11) is 1.87. The molecule has 0 aliphatic carbocycles. The lowest BCUT2D eigenvalue weighted by Crippen LogP contribution is -2.39. The molecule has 2 rings (SSSR count). The zero-order chi connectivity index (χ0) is 16.3. The molecule has 0 radical (unpaired) electrons. The van der Waals surface area contributed by atoms with Crippen LogP contribution in [0.3, 0.4) is 0 Å². The number of fused-ring (bicyclic) bond motifs is 1. The molecule has 0 N–H and O–H groups in total. The standard InChI is InChI=1S/C17H26N4O/c1-6-8-9-21(12(3)7-2)17(22)14-10-15-13(4)19-20(5)16(15)18-11-14/h10-12H,6-9H2,1-5H3. The Morgan fingerprint density at radius 3 is 2.77 bits per heavy atom. The number of pyridine rings is 1. The van der Waals surface area contributed by atoms with Crippen LogP contribution in [-0.2, 0) is 7.05 Å². The van der Waals surface area contributed by atoms with Gasteiger partial charge in [0.1, 0.15) is 0 Å². The van der Waals surface area contributed by atoms with E-state index in [0.29, 0.717) is 5.56 Å². The van der Waals surface area contributed by atoms with Crippen LogP contribution in [-0.4, -0.2) is 38.2 Å². The van der Waals surface area contributed by atoms with Crippen LogP contribution in [0.5, 0.6) is 0 Å². The molecule has 0 saturated heterocycles. The summed E-state index contributed by atoms with van der Waals surface area (Å²) in [6.45, 7) is 9.11. The highest BCUT2D eigenvalue weighted by molar-refractivity contribution is 5.97. The fraction of sp³-hybridized carbons (Fsp3) is 0.588. The SMILES string of the molecule is CCCCN(C(=O)c1cnc2c(c1)c(C)nn2C)C(C)CC. The van der Waals surface area contributed by atoms with E-state index in [4.69, 9.17) is 0 Å². The predicted octanol–water partition coefficient (Wildman–Crippen LogP) is 3.32. The third-order valence-electron chi connectivity index (χ3n) is 4.25. The largest absolute Gasteiger partial charge is 0.336 e. The fourth-order valence-electron chi connectivity index (χ4n) is 2.66. The molecule has 1 atom stereocenters. The van der Waals surface area contributed by atoms with Crippen LogP contribution in [0.15, 0.2) is 12.3 Å². The van der Waals surface area contributed by atoms with E-state index in [1.807, 2.05) is 24.9 Å². The number of rotatable bonds is 6. The number of aromatic nitrogens is 3. The van der Waals surface area contributed by atoms with Crippen molar-refractivity contribution in [1.82, 2.24) is 19.7 Å². The van der Waals surface area contributed by atoms with Crippen LogP contribution < -0.4 is 0 Å². The van der Waals surface area contributed by atoms with E-state index in [9.17, 15) is 4.79 Å². The van der Waals surface area contributed by atoms with Crippen molar-refractivity contribution in [2.24, 2.45) is 7.05 Å². The summed E-state index contributed by atoms with van der Waals surface area (Å²) < 4.78 is 1.75. The molecular weight excluding hydrogens is 276 g/mol. The summed E-state index contributed by atoms with van der Waals surface area (Å²) in [4.78, 5) is 19.3. The number of amides is 1. The zero-order valence-electron chi connectivity index (χ0n) is 14.3. The summed E-state index contributed by atoms with van der Waals surface area (Å²) in [5, 5.41) is 5.32. The number of hydrogen-bond acceptors (Lipinski definition) is 3. The van der Waals surface area contributed by atoms with Gasteiger partial charge in [0.25, 0.3) is 5.91 Å². The van der Waals surface area contributed by atoms with Gasteiger partial charge in [0.2, 0.25) is 0 Å². The van der Waals surface area contributed by atoms with E-state index in [-0.39, 0.29) is 11.9 Å². The van der Waals surface area contributed by atoms with E-state index < -0.39 is 0 Å². The zero-order valence-corrected chi connectivity index (χ0v) is 14.3. The van der Waals surface area contributed by atoms with Crippen molar-refractivity contribution in [3.63, 3.8) is 0 Å². The lowest BCUT2D eigenvalue weighted by atomic mass is 10.1. The second-order valence-corrected chi connectivity index (χ2v) is 5.91. The number of carbonyl (C=O) groups is 1. The van der Waals surface area contributed by atoms with Crippen LogP contribution >= 0.6 is 0 Å². The molecule has 120 valence electrons. The van der Waals surface area contributed by atoms with Crippen molar-refractivity contribution in [3.8, 4) is 0 Å². The minimum absolute atomic E-state index is 0.0699. The van der Waals surface area contributed by atoms with Gasteiger partial charge in [-0.1, -0.05) is 20.3 Å². The Labute approximate surface area is 132 Å². The van der Waals surface area contributed by atoms with Crippen LogP contribution in [0.25, 0.3) is 11.0 Å². The highest BCUT2D eigenvalue weighted by Gasteiger charge is 2.21. The van der Waals surface area contributed by atoms with E-state index in [2.05, 4.69) is 30.9 Å². The van der Waals surface area contributed by atoms with Crippen molar-refractivity contribution < 1.29 is 4.79 Å². The lowest BCUT2D eigenvalue weighted by molar-refractivity contribution is 0.0685. The molecule has 0 aliphatic heterocycles. The highest BCUT2D eigenvalue weighted by atomic mass is 16.2. The van der Waals surface area contributed by atoms with Crippen molar-refractivity contribution in [1.29, 1.82) is 0 Å². The lowest BCUT2D eigenvalue weighted by Gasteiger charge is -2.28. The van der Waals surface area contributed by atoms with Gasteiger partial charge in [-0.05, 0) is 32.8 Å². The highest BCUT2D eigenvalue weighted by Crippen LogP contribution is 2.19. The minimum atomic E-state index is 0.0699. The maximum atomic E-state index is 12.9. The molecule has 0 saturated carbocycles. The monoisotopic (exact) mass is 302 g/mol. The smallest absolute Gasteiger partial charge is 0.255 e.